The molecule has 2 fully saturated rings. The van der Waals surface area contributed by atoms with Crippen molar-refractivity contribution in [2.24, 2.45) is 11.8 Å². The molecule has 2 saturated heterocycles. The highest BCUT2D eigenvalue weighted by Crippen LogP contribution is 2.37. The van der Waals surface area contributed by atoms with Crippen molar-refractivity contribution in [2.45, 2.75) is 25.4 Å². The minimum atomic E-state index is -4.34. The van der Waals surface area contributed by atoms with E-state index in [-0.39, 0.29) is 5.82 Å². The molecule has 1 N–H and O–H groups in total. The predicted octanol–water partition coefficient (Wildman–Crippen LogP) is 2.93. The number of alkyl halides is 3. The summed E-state index contributed by atoms with van der Waals surface area (Å²) in [6.07, 6.45) is 0.218. The predicted molar refractivity (Wildman–Crippen MR) is 75.2 cm³/mol. The van der Waals surface area contributed by atoms with Gasteiger partial charge in [0.2, 0.25) is 0 Å². The standard InChI is InChI=1S/C15H20F3N3/c16-15(17,18)13-2-1-6-20-14(13)21-8-4-11(5-9-21)12-3-7-19-10-12/h1-2,6,11-12,19H,3-5,7-10H2/t12-/m0/s1. The lowest BCUT2D eigenvalue weighted by Crippen LogP contribution is -2.38. The lowest BCUT2D eigenvalue weighted by atomic mass is 9.84. The van der Waals surface area contributed by atoms with E-state index in [4.69, 9.17) is 0 Å². The minimum Gasteiger partial charge on any atom is -0.356 e. The summed E-state index contributed by atoms with van der Waals surface area (Å²) < 4.78 is 39.2. The molecule has 0 saturated carbocycles. The molecule has 0 spiro atoms. The van der Waals surface area contributed by atoms with E-state index in [0.29, 0.717) is 24.9 Å². The number of aromatic nitrogens is 1. The quantitative estimate of drug-likeness (QED) is 0.910. The van der Waals surface area contributed by atoms with Crippen LogP contribution in [0.5, 0.6) is 0 Å². The molecule has 0 bridgehead atoms. The Bertz CT molecular complexity index is 475. The van der Waals surface area contributed by atoms with Gasteiger partial charge in [-0.3, -0.25) is 0 Å². The van der Waals surface area contributed by atoms with Crippen LogP contribution in [0.2, 0.25) is 0 Å². The van der Waals surface area contributed by atoms with Gasteiger partial charge >= 0.3 is 6.18 Å². The Hall–Kier alpha value is -1.30. The van der Waals surface area contributed by atoms with Gasteiger partial charge in [0, 0.05) is 19.3 Å². The minimum absolute atomic E-state index is 0.0907. The fourth-order valence-electron chi connectivity index (χ4n) is 3.53. The first kappa shape index (κ1) is 14.6. The van der Waals surface area contributed by atoms with Crippen LogP contribution >= 0.6 is 0 Å². The van der Waals surface area contributed by atoms with Gasteiger partial charge in [-0.2, -0.15) is 13.2 Å². The highest BCUT2D eigenvalue weighted by molar-refractivity contribution is 5.48. The highest BCUT2D eigenvalue weighted by atomic mass is 19.4. The van der Waals surface area contributed by atoms with Crippen LogP contribution < -0.4 is 10.2 Å². The molecular weight excluding hydrogens is 279 g/mol. The highest BCUT2D eigenvalue weighted by Gasteiger charge is 2.37. The zero-order valence-electron chi connectivity index (χ0n) is 11.9. The number of halogens is 3. The second-order valence-electron chi connectivity index (χ2n) is 5.95. The molecule has 21 heavy (non-hydrogen) atoms. The number of nitrogens with zero attached hydrogens (tertiary/aromatic N) is 2. The summed E-state index contributed by atoms with van der Waals surface area (Å²) >= 11 is 0. The van der Waals surface area contributed by atoms with E-state index < -0.39 is 11.7 Å². The molecule has 3 heterocycles. The molecule has 0 amide bonds. The Morgan fingerprint density at radius 2 is 1.90 bits per heavy atom. The number of pyridine rings is 1. The Kier molecular flexibility index (Phi) is 4.06. The zero-order chi connectivity index (χ0) is 14.9. The molecule has 0 aromatic carbocycles. The van der Waals surface area contributed by atoms with Crippen molar-refractivity contribution >= 4 is 5.82 Å². The second-order valence-corrected chi connectivity index (χ2v) is 5.95. The van der Waals surface area contributed by atoms with E-state index in [1.54, 1.807) is 4.90 Å². The smallest absolute Gasteiger partial charge is 0.356 e. The lowest BCUT2D eigenvalue weighted by Gasteiger charge is -2.36. The first-order chi connectivity index (χ1) is 10.1. The van der Waals surface area contributed by atoms with E-state index in [2.05, 4.69) is 10.3 Å². The number of hydrogen-bond acceptors (Lipinski definition) is 3. The molecule has 2 aliphatic rings. The largest absolute Gasteiger partial charge is 0.419 e. The van der Waals surface area contributed by atoms with Crippen molar-refractivity contribution in [3.8, 4) is 0 Å². The van der Waals surface area contributed by atoms with Crippen molar-refractivity contribution in [1.29, 1.82) is 0 Å². The average Bonchev–Trinajstić information content (AvgIpc) is 3.01. The third-order valence-corrected chi connectivity index (χ3v) is 4.70. The van der Waals surface area contributed by atoms with Crippen LogP contribution in [0.25, 0.3) is 0 Å². The van der Waals surface area contributed by atoms with E-state index in [0.717, 1.165) is 32.0 Å². The summed E-state index contributed by atoms with van der Waals surface area (Å²) in [4.78, 5) is 5.78. The van der Waals surface area contributed by atoms with Gasteiger partial charge < -0.3 is 10.2 Å². The zero-order valence-corrected chi connectivity index (χ0v) is 11.9. The summed E-state index contributed by atoms with van der Waals surface area (Å²) in [5.74, 6) is 1.42. The van der Waals surface area contributed by atoms with Gasteiger partial charge in [0.25, 0.3) is 0 Å². The molecule has 3 rings (SSSR count). The lowest BCUT2D eigenvalue weighted by molar-refractivity contribution is -0.137. The van der Waals surface area contributed by atoms with Crippen molar-refractivity contribution in [3.05, 3.63) is 23.9 Å². The SMILES string of the molecule is FC(F)(F)c1cccnc1N1CCC([C@H]2CCNC2)CC1. The van der Waals surface area contributed by atoms with E-state index >= 15 is 0 Å². The van der Waals surface area contributed by atoms with Gasteiger partial charge in [-0.05, 0) is 56.3 Å². The van der Waals surface area contributed by atoms with Gasteiger partial charge in [0.15, 0.2) is 0 Å². The maximum Gasteiger partial charge on any atom is 0.419 e. The summed E-state index contributed by atoms with van der Waals surface area (Å²) in [7, 11) is 0. The van der Waals surface area contributed by atoms with Crippen LogP contribution in [0.3, 0.4) is 0 Å². The Morgan fingerprint density at radius 1 is 1.14 bits per heavy atom. The van der Waals surface area contributed by atoms with E-state index in [1.165, 1.54) is 18.7 Å². The number of hydrogen-bond donors (Lipinski definition) is 1. The average molecular weight is 299 g/mol. The molecular formula is C15H20F3N3. The van der Waals surface area contributed by atoms with Crippen molar-refractivity contribution in [3.63, 3.8) is 0 Å². The number of nitrogens with one attached hydrogen (secondary N) is 1. The molecule has 1 atom stereocenters. The van der Waals surface area contributed by atoms with Crippen LogP contribution in [0.15, 0.2) is 18.3 Å². The van der Waals surface area contributed by atoms with Crippen LogP contribution in [-0.4, -0.2) is 31.2 Å². The van der Waals surface area contributed by atoms with Crippen LogP contribution in [0, 0.1) is 11.8 Å². The molecule has 1 aromatic rings. The summed E-state index contributed by atoms with van der Waals surface area (Å²) in [6.45, 7) is 3.47. The van der Waals surface area contributed by atoms with Crippen LogP contribution in [0.1, 0.15) is 24.8 Å². The summed E-state index contributed by atoms with van der Waals surface area (Å²) in [5.41, 5.74) is -0.619. The van der Waals surface area contributed by atoms with Gasteiger partial charge in [-0.1, -0.05) is 0 Å². The fraction of sp³-hybridized carbons (Fsp3) is 0.667. The summed E-state index contributed by atoms with van der Waals surface area (Å²) in [5, 5.41) is 3.37. The van der Waals surface area contributed by atoms with Gasteiger partial charge in [-0.25, -0.2) is 4.98 Å². The second kappa shape index (κ2) is 5.83. The van der Waals surface area contributed by atoms with Crippen molar-refractivity contribution in [2.75, 3.05) is 31.1 Å². The van der Waals surface area contributed by atoms with Gasteiger partial charge in [0.05, 0.1) is 5.56 Å². The molecule has 2 aliphatic heterocycles. The fourth-order valence-corrected chi connectivity index (χ4v) is 3.53. The third-order valence-electron chi connectivity index (χ3n) is 4.70. The molecule has 6 heteroatoms. The Morgan fingerprint density at radius 3 is 2.52 bits per heavy atom. The monoisotopic (exact) mass is 299 g/mol. The molecule has 3 nitrogen and oxygen atoms in total. The topological polar surface area (TPSA) is 28.2 Å². The van der Waals surface area contributed by atoms with Crippen LogP contribution in [-0.2, 0) is 6.18 Å². The number of rotatable bonds is 2. The normalized spacial score (nSPS) is 24.5. The Labute approximate surface area is 122 Å². The van der Waals surface area contributed by atoms with E-state index in [9.17, 15) is 13.2 Å². The molecule has 0 unspecified atom stereocenters. The molecule has 1 aromatic heterocycles. The Balaban J connectivity index is 1.69. The number of piperidine rings is 1. The maximum atomic E-state index is 13.1. The van der Waals surface area contributed by atoms with Gasteiger partial charge in [-0.15, -0.1) is 0 Å². The van der Waals surface area contributed by atoms with Crippen molar-refractivity contribution < 1.29 is 13.2 Å². The number of anilines is 1. The molecule has 0 aliphatic carbocycles. The van der Waals surface area contributed by atoms with Crippen LogP contribution in [0.4, 0.5) is 19.0 Å². The molecule has 116 valence electrons. The van der Waals surface area contributed by atoms with E-state index in [1.807, 2.05) is 0 Å². The maximum absolute atomic E-state index is 13.1. The first-order valence-corrected chi connectivity index (χ1v) is 7.53. The van der Waals surface area contributed by atoms with Gasteiger partial charge in [0.1, 0.15) is 5.82 Å². The molecule has 0 radical (unpaired) electrons. The first-order valence-electron chi connectivity index (χ1n) is 7.53. The van der Waals surface area contributed by atoms with Crippen molar-refractivity contribution in [1.82, 2.24) is 10.3 Å². The summed E-state index contributed by atoms with van der Waals surface area (Å²) in [6, 6.07) is 2.47. The third kappa shape index (κ3) is 3.15.